The van der Waals surface area contributed by atoms with Crippen molar-refractivity contribution in [2.45, 2.75) is 18.4 Å². The molecule has 0 aromatic heterocycles. The highest BCUT2D eigenvalue weighted by Crippen LogP contribution is 2.25. The third-order valence-electron chi connectivity index (χ3n) is 3.48. The number of ether oxygens (including phenoxy) is 3. The zero-order chi connectivity index (χ0) is 12.6. The molecule has 1 aliphatic rings. The van der Waals surface area contributed by atoms with Gasteiger partial charge in [-0.15, -0.1) is 0 Å². The minimum absolute atomic E-state index is 0.00622. The van der Waals surface area contributed by atoms with E-state index in [0.717, 1.165) is 52.4 Å². The second-order valence-corrected chi connectivity index (χ2v) is 4.56. The maximum Gasteiger partial charge on any atom is 0.0663 e. The first-order valence-corrected chi connectivity index (χ1v) is 6.30. The summed E-state index contributed by atoms with van der Waals surface area (Å²) in [7, 11) is 3.46. The first-order chi connectivity index (χ1) is 8.29. The lowest BCUT2D eigenvalue weighted by Gasteiger charge is -2.39. The molecule has 0 bridgehead atoms. The van der Waals surface area contributed by atoms with E-state index < -0.39 is 0 Å². The van der Waals surface area contributed by atoms with Gasteiger partial charge < -0.3 is 19.9 Å². The highest BCUT2D eigenvalue weighted by Gasteiger charge is 2.38. The lowest BCUT2D eigenvalue weighted by atomic mass is 9.96. The van der Waals surface area contributed by atoms with Crippen LogP contribution in [0.5, 0.6) is 0 Å². The summed E-state index contributed by atoms with van der Waals surface area (Å²) in [5.74, 6) is 0. The van der Waals surface area contributed by atoms with Crippen molar-refractivity contribution >= 4 is 0 Å². The topological polar surface area (TPSA) is 57.0 Å². The molecule has 17 heavy (non-hydrogen) atoms. The van der Waals surface area contributed by atoms with Gasteiger partial charge in [-0.05, 0) is 12.8 Å². The van der Waals surface area contributed by atoms with Gasteiger partial charge in [-0.1, -0.05) is 0 Å². The standard InChI is InChI=1S/C12H26N2O3/c1-15-7-3-5-14(6-9-16-2)12(10-13)4-8-17-11-12/h3-11,13H2,1-2H3. The molecule has 2 N–H and O–H groups in total. The van der Waals surface area contributed by atoms with Crippen molar-refractivity contribution in [3.63, 3.8) is 0 Å². The Kier molecular flexibility index (Phi) is 6.99. The maximum atomic E-state index is 5.95. The Hall–Kier alpha value is -0.200. The predicted octanol–water partition coefficient (Wildman–Crippen LogP) is 0.0891. The molecule has 5 nitrogen and oxygen atoms in total. The molecular weight excluding hydrogens is 220 g/mol. The van der Waals surface area contributed by atoms with E-state index in [-0.39, 0.29) is 5.54 Å². The molecule has 1 fully saturated rings. The van der Waals surface area contributed by atoms with Crippen LogP contribution in [0.3, 0.4) is 0 Å². The lowest BCUT2D eigenvalue weighted by molar-refractivity contribution is 0.0409. The molecule has 0 radical (unpaired) electrons. The fourth-order valence-electron chi connectivity index (χ4n) is 2.32. The Morgan fingerprint density at radius 1 is 1.24 bits per heavy atom. The summed E-state index contributed by atoms with van der Waals surface area (Å²) in [5.41, 5.74) is 5.96. The third kappa shape index (κ3) is 4.19. The minimum atomic E-state index is 0.00622. The number of nitrogens with two attached hydrogens (primary N) is 1. The molecule has 5 heteroatoms. The maximum absolute atomic E-state index is 5.95. The molecule has 1 atom stereocenters. The van der Waals surface area contributed by atoms with Gasteiger partial charge in [0.25, 0.3) is 0 Å². The number of nitrogens with zero attached hydrogens (tertiary/aromatic N) is 1. The van der Waals surface area contributed by atoms with E-state index in [2.05, 4.69) is 4.90 Å². The van der Waals surface area contributed by atoms with Gasteiger partial charge in [0.2, 0.25) is 0 Å². The van der Waals surface area contributed by atoms with Crippen molar-refractivity contribution in [1.29, 1.82) is 0 Å². The average Bonchev–Trinajstić information content (AvgIpc) is 2.83. The van der Waals surface area contributed by atoms with Crippen LogP contribution in [-0.2, 0) is 14.2 Å². The van der Waals surface area contributed by atoms with Crippen molar-refractivity contribution in [3.8, 4) is 0 Å². The summed E-state index contributed by atoms with van der Waals surface area (Å²) in [6.07, 6.45) is 2.03. The molecule has 1 aliphatic heterocycles. The summed E-state index contributed by atoms with van der Waals surface area (Å²) >= 11 is 0. The minimum Gasteiger partial charge on any atom is -0.385 e. The summed E-state index contributed by atoms with van der Waals surface area (Å²) < 4.78 is 15.8. The van der Waals surface area contributed by atoms with Gasteiger partial charge in [-0.25, -0.2) is 0 Å². The smallest absolute Gasteiger partial charge is 0.0663 e. The van der Waals surface area contributed by atoms with Gasteiger partial charge in [0.05, 0.1) is 18.8 Å². The van der Waals surface area contributed by atoms with Gasteiger partial charge in [-0.2, -0.15) is 0 Å². The van der Waals surface area contributed by atoms with Crippen molar-refractivity contribution in [1.82, 2.24) is 4.90 Å². The highest BCUT2D eigenvalue weighted by atomic mass is 16.5. The van der Waals surface area contributed by atoms with Crippen molar-refractivity contribution in [3.05, 3.63) is 0 Å². The first kappa shape index (κ1) is 14.9. The molecule has 0 aromatic carbocycles. The molecule has 102 valence electrons. The largest absolute Gasteiger partial charge is 0.385 e. The van der Waals surface area contributed by atoms with Crippen molar-refractivity contribution < 1.29 is 14.2 Å². The SMILES string of the molecule is COCCCN(CCOC)C1(CN)CCOC1. The van der Waals surface area contributed by atoms with E-state index in [4.69, 9.17) is 19.9 Å². The molecule has 1 rings (SSSR count). The van der Waals surface area contributed by atoms with Crippen LogP contribution < -0.4 is 5.73 Å². The number of hydrogen-bond acceptors (Lipinski definition) is 5. The normalized spacial score (nSPS) is 24.7. The van der Waals surface area contributed by atoms with Crippen LogP contribution in [0.2, 0.25) is 0 Å². The van der Waals surface area contributed by atoms with Gasteiger partial charge >= 0.3 is 0 Å². The molecule has 0 aliphatic carbocycles. The van der Waals surface area contributed by atoms with E-state index >= 15 is 0 Å². The zero-order valence-corrected chi connectivity index (χ0v) is 11.1. The van der Waals surface area contributed by atoms with Crippen molar-refractivity contribution in [2.24, 2.45) is 5.73 Å². The Bertz CT molecular complexity index is 196. The van der Waals surface area contributed by atoms with Gasteiger partial charge in [0.15, 0.2) is 0 Å². The van der Waals surface area contributed by atoms with Crippen LogP contribution in [0, 0.1) is 0 Å². The van der Waals surface area contributed by atoms with Gasteiger partial charge in [0.1, 0.15) is 0 Å². The quantitative estimate of drug-likeness (QED) is 0.584. The number of hydrogen-bond donors (Lipinski definition) is 1. The van der Waals surface area contributed by atoms with Gasteiger partial charge in [-0.3, -0.25) is 4.90 Å². The molecule has 0 amide bonds. The van der Waals surface area contributed by atoms with Gasteiger partial charge in [0, 0.05) is 47.1 Å². The highest BCUT2D eigenvalue weighted by molar-refractivity contribution is 4.95. The Balaban J connectivity index is 2.52. The van der Waals surface area contributed by atoms with E-state index in [1.165, 1.54) is 0 Å². The van der Waals surface area contributed by atoms with Crippen LogP contribution in [0.1, 0.15) is 12.8 Å². The second-order valence-electron chi connectivity index (χ2n) is 4.56. The van der Waals surface area contributed by atoms with Crippen LogP contribution >= 0.6 is 0 Å². The van der Waals surface area contributed by atoms with Crippen LogP contribution in [0.4, 0.5) is 0 Å². The molecule has 1 heterocycles. The van der Waals surface area contributed by atoms with Crippen LogP contribution in [-0.4, -0.2) is 70.7 Å². The Labute approximate surface area is 104 Å². The van der Waals surface area contributed by atoms with E-state index in [1.54, 1.807) is 14.2 Å². The fourth-order valence-corrected chi connectivity index (χ4v) is 2.32. The number of methoxy groups -OCH3 is 2. The molecule has 0 saturated carbocycles. The summed E-state index contributed by atoms with van der Waals surface area (Å²) in [5, 5.41) is 0. The first-order valence-electron chi connectivity index (χ1n) is 6.30. The zero-order valence-electron chi connectivity index (χ0n) is 11.1. The molecule has 1 unspecified atom stereocenters. The van der Waals surface area contributed by atoms with E-state index in [9.17, 15) is 0 Å². The average molecular weight is 246 g/mol. The summed E-state index contributed by atoms with van der Waals surface area (Å²) in [6, 6.07) is 0. The van der Waals surface area contributed by atoms with Crippen molar-refractivity contribution in [2.75, 3.05) is 60.3 Å². The van der Waals surface area contributed by atoms with E-state index in [0.29, 0.717) is 6.54 Å². The molecule has 1 saturated heterocycles. The van der Waals surface area contributed by atoms with E-state index in [1.807, 2.05) is 0 Å². The third-order valence-corrected chi connectivity index (χ3v) is 3.48. The van der Waals surface area contributed by atoms with Crippen LogP contribution in [0.25, 0.3) is 0 Å². The molecule has 0 aromatic rings. The summed E-state index contributed by atoms with van der Waals surface area (Å²) in [6.45, 7) is 5.59. The monoisotopic (exact) mass is 246 g/mol. The number of rotatable bonds is 9. The summed E-state index contributed by atoms with van der Waals surface area (Å²) in [4.78, 5) is 2.41. The second kappa shape index (κ2) is 8.00. The Morgan fingerprint density at radius 2 is 2.00 bits per heavy atom. The fraction of sp³-hybridized carbons (Fsp3) is 1.00. The van der Waals surface area contributed by atoms with Crippen LogP contribution in [0.15, 0.2) is 0 Å². The molecular formula is C12H26N2O3. The Morgan fingerprint density at radius 3 is 2.53 bits per heavy atom. The predicted molar refractivity (Wildman–Crippen MR) is 67.2 cm³/mol. The lowest BCUT2D eigenvalue weighted by Crippen LogP contribution is -2.56. The molecule has 0 spiro atoms.